The predicted octanol–water partition coefficient (Wildman–Crippen LogP) is 1.23. The van der Waals surface area contributed by atoms with E-state index in [0.29, 0.717) is 17.9 Å². The van der Waals surface area contributed by atoms with E-state index in [1.807, 2.05) is 0 Å². The van der Waals surface area contributed by atoms with Crippen molar-refractivity contribution in [2.24, 2.45) is 0 Å². The highest BCUT2D eigenvalue weighted by Gasteiger charge is 2.13. The molecule has 2 N–H and O–H groups in total. The normalized spacial score (nSPS) is 14.4. The zero-order valence-electron chi connectivity index (χ0n) is 14.8. The van der Waals surface area contributed by atoms with Gasteiger partial charge in [0.15, 0.2) is 5.69 Å². The number of halogens is 1. The number of nitro groups is 1. The van der Waals surface area contributed by atoms with Crippen LogP contribution in [-0.4, -0.2) is 64.8 Å². The molecule has 0 saturated carbocycles. The van der Waals surface area contributed by atoms with E-state index in [-0.39, 0.29) is 24.0 Å². The molecule has 1 aliphatic rings. The summed E-state index contributed by atoms with van der Waals surface area (Å²) in [6.45, 7) is 5.67. The minimum Gasteiger partial charge on any atom is -0.351 e. The number of nitrogens with zero attached hydrogens (tertiary/aromatic N) is 4. The van der Waals surface area contributed by atoms with Crippen LogP contribution in [0.25, 0.3) is 5.69 Å². The van der Waals surface area contributed by atoms with Crippen LogP contribution < -0.4 is 10.6 Å². The van der Waals surface area contributed by atoms with Crippen molar-refractivity contribution in [3.8, 4) is 5.69 Å². The second kappa shape index (κ2) is 10.0. The summed E-state index contributed by atoms with van der Waals surface area (Å²) >= 11 is 0. The monoisotopic (exact) mass is 394 g/mol. The second-order valence-corrected chi connectivity index (χ2v) is 6.12. The lowest BCUT2D eigenvalue weighted by Gasteiger charge is -2.26. The van der Waals surface area contributed by atoms with E-state index in [0.717, 1.165) is 39.1 Å². The van der Waals surface area contributed by atoms with Gasteiger partial charge in [0.2, 0.25) is 0 Å². The summed E-state index contributed by atoms with van der Waals surface area (Å²) in [5.41, 5.74) is 0.813. The molecule has 1 amide bonds. The van der Waals surface area contributed by atoms with Crippen molar-refractivity contribution in [3.05, 3.63) is 52.3 Å². The number of amides is 1. The van der Waals surface area contributed by atoms with Crippen LogP contribution in [0.2, 0.25) is 0 Å². The molecule has 10 heteroatoms. The highest BCUT2D eigenvalue weighted by atomic mass is 35.5. The number of aromatic nitrogens is 2. The maximum absolute atomic E-state index is 12.2. The summed E-state index contributed by atoms with van der Waals surface area (Å²) in [6, 6.07) is 7.73. The van der Waals surface area contributed by atoms with Crippen LogP contribution in [0.15, 0.2) is 36.5 Å². The molecule has 0 spiro atoms. The molecule has 1 fully saturated rings. The fourth-order valence-corrected chi connectivity index (χ4v) is 2.87. The number of nitro benzene ring substituents is 1. The highest BCUT2D eigenvalue weighted by molar-refractivity contribution is 5.92. The lowest BCUT2D eigenvalue weighted by atomic mass is 10.3. The summed E-state index contributed by atoms with van der Waals surface area (Å²) < 4.78 is 1.46. The van der Waals surface area contributed by atoms with Gasteiger partial charge >= 0.3 is 0 Å². The average Bonchev–Trinajstić information content (AvgIpc) is 3.16. The number of carbonyl (C=O) groups is 1. The topological polar surface area (TPSA) is 105 Å². The van der Waals surface area contributed by atoms with Crippen molar-refractivity contribution in [1.82, 2.24) is 25.3 Å². The van der Waals surface area contributed by atoms with Crippen LogP contribution in [-0.2, 0) is 0 Å². The second-order valence-electron chi connectivity index (χ2n) is 6.12. The van der Waals surface area contributed by atoms with Crippen molar-refractivity contribution in [2.75, 3.05) is 39.3 Å². The number of hydrogen-bond donors (Lipinski definition) is 2. The van der Waals surface area contributed by atoms with Crippen LogP contribution >= 0.6 is 12.4 Å². The molecule has 1 aliphatic heterocycles. The predicted molar refractivity (Wildman–Crippen MR) is 104 cm³/mol. The molecule has 2 aromatic rings. The summed E-state index contributed by atoms with van der Waals surface area (Å²) in [5, 5.41) is 21.3. The molecular formula is C17H23ClN6O3. The Kier molecular flexibility index (Phi) is 7.71. The molecule has 0 atom stereocenters. The fraction of sp³-hybridized carbons (Fsp3) is 0.412. The van der Waals surface area contributed by atoms with E-state index >= 15 is 0 Å². The Morgan fingerprint density at radius 1 is 1.30 bits per heavy atom. The first kappa shape index (κ1) is 20.8. The van der Waals surface area contributed by atoms with Crippen LogP contribution in [0.5, 0.6) is 0 Å². The number of carbonyl (C=O) groups excluding carboxylic acids is 1. The van der Waals surface area contributed by atoms with E-state index in [9.17, 15) is 14.9 Å². The highest BCUT2D eigenvalue weighted by Crippen LogP contribution is 2.16. The van der Waals surface area contributed by atoms with E-state index in [2.05, 4.69) is 20.6 Å². The Morgan fingerprint density at radius 3 is 2.81 bits per heavy atom. The third-order valence-corrected chi connectivity index (χ3v) is 4.27. The molecular weight excluding hydrogens is 372 g/mol. The van der Waals surface area contributed by atoms with E-state index in [4.69, 9.17) is 0 Å². The quantitative estimate of drug-likeness (QED) is 0.415. The summed E-state index contributed by atoms with van der Waals surface area (Å²) in [6.07, 6.45) is 2.51. The van der Waals surface area contributed by atoms with Gasteiger partial charge in [0.1, 0.15) is 0 Å². The molecule has 3 rings (SSSR count). The van der Waals surface area contributed by atoms with Crippen molar-refractivity contribution in [1.29, 1.82) is 0 Å². The van der Waals surface area contributed by atoms with Crippen molar-refractivity contribution >= 4 is 24.0 Å². The van der Waals surface area contributed by atoms with Gasteiger partial charge in [-0.15, -0.1) is 12.4 Å². The average molecular weight is 395 g/mol. The third kappa shape index (κ3) is 5.75. The minimum absolute atomic E-state index is 0. The van der Waals surface area contributed by atoms with Crippen molar-refractivity contribution in [3.63, 3.8) is 0 Å². The maximum Gasteiger partial charge on any atom is 0.271 e. The third-order valence-electron chi connectivity index (χ3n) is 4.27. The minimum atomic E-state index is -0.459. The van der Waals surface area contributed by atoms with E-state index in [1.165, 1.54) is 16.8 Å². The van der Waals surface area contributed by atoms with Gasteiger partial charge in [0.25, 0.3) is 11.6 Å². The van der Waals surface area contributed by atoms with Crippen LogP contribution in [0, 0.1) is 10.1 Å². The standard InChI is InChI=1S/C17H22N6O3.ClH/c24-17(19-6-2-9-21-11-7-18-8-12-21)16-5-10-22(20-16)14-3-1-4-15(13-14)23(25)26;/h1,3-5,10,13,18H,2,6-9,11-12H2,(H,19,24);1H. The smallest absolute Gasteiger partial charge is 0.271 e. The molecule has 0 radical (unpaired) electrons. The molecule has 27 heavy (non-hydrogen) atoms. The van der Waals surface area contributed by atoms with E-state index in [1.54, 1.807) is 24.4 Å². The Bertz CT molecular complexity index is 776. The van der Waals surface area contributed by atoms with Gasteiger partial charge < -0.3 is 15.5 Å². The largest absolute Gasteiger partial charge is 0.351 e. The Morgan fingerprint density at radius 2 is 2.07 bits per heavy atom. The summed E-state index contributed by atoms with van der Waals surface area (Å²) in [4.78, 5) is 25.0. The van der Waals surface area contributed by atoms with Gasteiger partial charge in [0.05, 0.1) is 10.6 Å². The Balaban J connectivity index is 0.00000261. The number of rotatable bonds is 7. The first-order valence-electron chi connectivity index (χ1n) is 8.65. The van der Waals surface area contributed by atoms with Gasteiger partial charge in [-0.3, -0.25) is 14.9 Å². The van der Waals surface area contributed by atoms with Crippen LogP contribution in [0.1, 0.15) is 16.9 Å². The number of piperazine rings is 1. The van der Waals surface area contributed by atoms with Gasteiger partial charge in [-0.1, -0.05) is 6.07 Å². The SMILES string of the molecule is Cl.O=C(NCCCN1CCNCC1)c1ccn(-c2cccc([N+](=O)[O-])c2)n1. The van der Waals surface area contributed by atoms with E-state index < -0.39 is 4.92 Å². The number of nitrogens with one attached hydrogen (secondary N) is 2. The molecule has 1 aromatic heterocycles. The summed E-state index contributed by atoms with van der Waals surface area (Å²) in [7, 11) is 0. The molecule has 146 valence electrons. The van der Waals surface area contributed by atoms with Crippen molar-refractivity contribution < 1.29 is 9.72 Å². The van der Waals surface area contributed by atoms with Crippen LogP contribution in [0.3, 0.4) is 0 Å². The number of hydrogen-bond acceptors (Lipinski definition) is 6. The molecule has 2 heterocycles. The zero-order chi connectivity index (χ0) is 18.4. The molecule has 1 aromatic carbocycles. The number of benzene rings is 1. The van der Waals surface area contributed by atoms with Crippen molar-refractivity contribution in [2.45, 2.75) is 6.42 Å². The summed E-state index contributed by atoms with van der Waals surface area (Å²) in [5.74, 6) is -0.241. The fourth-order valence-electron chi connectivity index (χ4n) is 2.87. The first-order valence-corrected chi connectivity index (χ1v) is 8.65. The first-order chi connectivity index (χ1) is 12.6. The van der Waals surface area contributed by atoms with Gasteiger partial charge in [-0.05, 0) is 25.1 Å². The molecule has 0 unspecified atom stereocenters. The molecule has 9 nitrogen and oxygen atoms in total. The van der Waals surface area contributed by atoms with Gasteiger partial charge in [0, 0.05) is 51.1 Å². The Hall–Kier alpha value is -2.49. The lowest BCUT2D eigenvalue weighted by molar-refractivity contribution is -0.384. The van der Waals surface area contributed by atoms with Gasteiger partial charge in [-0.25, -0.2) is 4.68 Å². The zero-order valence-corrected chi connectivity index (χ0v) is 15.7. The molecule has 0 bridgehead atoms. The maximum atomic E-state index is 12.2. The lowest BCUT2D eigenvalue weighted by Crippen LogP contribution is -2.44. The number of non-ortho nitro benzene ring substituents is 1. The molecule has 1 saturated heterocycles. The molecule has 0 aliphatic carbocycles. The van der Waals surface area contributed by atoms with Crippen LogP contribution in [0.4, 0.5) is 5.69 Å². The Labute approximate surface area is 163 Å². The van der Waals surface area contributed by atoms with Gasteiger partial charge in [-0.2, -0.15) is 5.10 Å².